The van der Waals surface area contributed by atoms with E-state index >= 15 is 0 Å². The second-order valence-electron chi connectivity index (χ2n) is 4.77. The fourth-order valence-corrected chi connectivity index (χ4v) is 3.08. The van der Waals surface area contributed by atoms with Crippen LogP contribution in [0.25, 0.3) is 22.9 Å². The van der Waals surface area contributed by atoms with Crippen LogP contribution in [0.2, 0.25) is 0 Å². The molecule has 2 aromatic carbocycles. The third-order valence-electron chi connectivity index (χ3n) is 3.18. The summed E-state index contributed by atoms with van der Waals surface area (Å²) in [6.07, 6.45) is 1.71. The number of benzene rings is 2. The van der Waals surface area contributed by atoms with Crippen LogP contribution in [0.15, 0.2) is 58.4 Å². The lowest BCUT2D eigenvalue weighted by Gasteiger charge is -1.97. The monoisotopic (exact) mass is 384 g/mol. The summed E-state index contributed by atoms with van der Waals surface area (Å²) >= 11 is 4.82. The Hall–Kier alpha value is -2.29. The van der Waals surface area contributed by atoms with Crippen LogP contribution >= 0.6 is 27.3 Å². The number of hydrogen-bond donors (Lipinski definition) is 0. The number of rotatable bonds is 3. The van der Waals surface area contributed by atoms with Gasteiger partial charge in [-0.3, -0.25) is 0 Å². The number of halogens is 2. The van der Waals surface area contributed by atoms with Crippen molar-refractivity contribution in [3.63, 3.8) is 0 Å². The number of nitriles is 1. The SMILES string of the molecule is N#C/C(=C/c1ccc(F)cc1)c1nc(-c2ccc(Br)cc2)cs1. The second-order valence-corrected chi connectivity index (χ2v) is 6.54. The fourth-order valence-electron chi connectivity index (χ4n) is 2.02. The highest BCUT2D eigenvalue weighted by atomic mass is 79.9. The summed E-state index contributed by atoms with van der Waals surface area (Å²) in [5.41, 5.74) is 3.06. The summed E-state index contributed by atoms with van der Waals surface area (Å²) in [4.78, 5) is 4.53. The molecule has 0 saturated carbocycles. The van der Waals surface area contributed by atoms with Crippen molar-refractivity contribution in [2.75, 3.05) is 0 Å². The van der Waals surface area contributed by atoms with E-state index in [-0.39, 0.29) is 5.82 Å². The van der Waals surface area contributed by atoms with E-state index in [0.29, 0.717) is 10.6 Å². The fraction of sp³-hybridized carbons (Fsp3) is 0. The lowest BCUT2D eigenvalue weighted by Crippen LogP contribution is -1.83. The highest BCUT2D eigenvalue weighted by molar-refractivity contribution is 9.10. The van der Waals surface area contributed by atoms with Crippen LogP contribution in [0.4, 0.5) is 4.39 Å². The maximum atomic E-state index is 12.9. The lowest BCUT2D eigenvalue weighted by molar-refractivity contribution is 0.628. The molecule has 5 heteroatoms. The molecule has 0 aliphatic rings. The van der Waals surface area contributed by atoms with Crippen molar-refractivity contribution in [3.8, 4) is 17.3 Å². The minimum atomic E-state index is -0.299. The topological polar surface area (TPSA) is 36.7 Å². The Morgan fingerprint density at radius 3 is 2.48 bits per heavy atom. The molecule has 0 fully saturated rings. The Kier molecular flexibility index (Phi) is 4.65. The van der Waals surface area contributed by atoms with Gasteiger partial charge in [0.1, 0.15) is 16.9 Å². The summed E-state index contributed by atoms with van der Waals surface area (Å²) in [6.45, 7) is 0. The Morgan fingerprint density at radius 2 is 1.83 bits per heavy atom. The average Bonchev–Trinajstić information content (AvgIpc) is 3.05. The molecule has 0 aliphatic heterocycles. The van der Waals surface area contributed by atoms with Crippen molar-refractivity contribution in [2.24, 2.45) is 0 Å². The van der Waals surface area contributed by atoms with Crippen LogP contribution in [-0.2, 0) is 0 Å². The highest BCUT2D eigenvalue weighted by Crippen LogP contribution is 2.28. The van der Waals surface area contributed by atoms with E-state index in [1.165, 1.54) is 23.5 Å². The van der Waals surface area contributed by atoms with Crippen LogP contribution in [0.3, 0.4) is 0 Å². The van der Waals surface area contributed by atoms with Crippen LogP contribution in [-0.4, -0.2) is 4.98 Å². The molecular weight excluding hydrogens is 375 g/mol. The van der Waals surface area contributed by atoms with Crippen LogP contribution in [0.5, 0.6) is 0 Å². The van der Waals surface area contributed by atoms with Crippen molar-refractivity contribution in [2.45, 2.75) is 0 Å². The van der Waals surface area contributed by atoms with Gasteiger partial charge in [-0.25, -0.2) is 9.37 Å². The van der Waals surface area contributed by atoms with Gasteiger partial charge in [0.2, 0.25) is 0 Å². The first-order chi connectivity index (χ1) is 11.2. The number of aromatic nitrogens is 1. The second kappa shape index (κ2) is 6.86. The van der Waals surface area contributed by atoms with Gasteiger partial charge in [-0.15, -0.1) is 11.3 Å². The molecule has 0 radical (unpaired) electrons. The average molecular weight is 385 g/mol. The van der Waals surface area contributed by atoms with Crippen molar-refractivity contribution in [3.05, 3.63) is 74.8 Å². The van der Waals surface area contributed by atoms with E-state index in [4.69, 9.17) is 0 Å². The van der Waals surface area contributed by atoms with Gasteiger partial charge in [-0.05, 0) is 35.9 Å². The standard InChI is InChI=1S/C18H10BrFN2S/c19-15-5-3-13(4-6-15)17-11-23-18(22-17)14(10-21)9-12-1-7-16(20)8-2-12/h1-9,11H/b14-9-. The van der Waals surface area contributed by atoms with Gasteiger partial charge >= 0.3 is 0 Å². The molecule has 0 aliphatic carbocycles. The first kappa shape index (κ1) is 15.6. The smallest absolute Gasteiger partial charge is 0.134 e. The molecule has 23 heavy (non-hydrogen) atoms. The summed E-state index contributed by atoms with van der Waals surface area (Å²) in [7, 11) is 0. The number of allylic oxidation sites excluding steroid dienone is 1. The zero-order valence-electron chi connectivity index (χ0n) is 11.8. The summed E-state index contributed by atoms with van der Waals surface area (Å²) in [5, 5.41) is 12.0. The maximum absolute atomic E-state index is 12.9. The van der Waals surface area contributed by atoms with Crippen molar-refractivity contribution in [1.29, 1.82) is 5.26 Å². The van der Waals surface area contributed by atoms with Gasteiger partial charge in [0.05, 0.1) is 11.3 Å². The predicted molar refractivity (Wildman–Crippen MR) is 95.1 cm³/mol. The minimum Gasteiger partial charge on any atom is -0.235 e. The van der Waals surface area contributed by atoms with Gasteiger partial charge in [0.25, 0.3) is 0 Å². The molecule has 2 nitrogen and oxygen atoms in total. The van der Waals surface area contributed by atoms with E-state index in [1.807, 2.05) is 29.6 Å². The molecule has 1 heterocycles. The van der Waals surface area contributed by atoms with Crippen molar-refractivity contribution >= 4 is 38.9 Å². The molecule has 3 rings (SSSR count). The van der Waals surface area contributed by atoms with E-state index < -0.39 is 0 Å². The summed E-state index contributed by atoms with van der Waals surface area (Å²) < 4.78 is 14.0. The van der Waals surface area contributed by atoms with E-state index in [1.54, 1.807) is 18.2 Å². The normalized spacial score (nSPS) is 11.3. The highest BCUT2D eigenvalue weighted by Gasteiger charge is 2.09. The number of nitrogens with zero attached hydrogens (tertiary/aromatic N) is 2. The summed E-state index contributed by atoms with van der Waals surface area (Å²) in [6, 6.07) is 16.0. The largest absolute Gasteiger partial charge is 0.235 e. The van der Waals surface area contributed by atoms with Gasteiger partial charge in [-0.1, -0.05) is 40.2 Å². The molecule has 0 saturated heterocycles. The van der Waals surface area contributed by atoms with Crippen LogP contribution < -0.4 is 0 Å². The maximum Gasteiger partial charge on any atom is 0.134 e. The number of hydrogen-bond acceptors (Lipinski definition) is 3. The third kappa shape index (κ3) is 3.73. The van der Waals surface area contributed by atoms with Gasteiger partial charge in [0.15, 0.2) is 0 Å². The van der Waals surface area contributed by atoms with Gasteiger partial charge in [-0.2, -0.15) is 5.26 Å². The minimum absolute atomic E-state index is 0.299. The number of thiazole rings is 1. The van der Waals surface area contributed by atoms with E-state index in [2.05, 4.69) is 27.0 Å². The van der Waals surface area contributed by atoms with Crippen molar-refractivity contribution in [1.82, 2.24) is 4.98 Å². The molecule has 0 N–H and O–H groups in total. The molecule has 1 aromatic heterocycles. The Balaban J connectivity index is 1.92. The van der Waals surface area contributed by atoms with Crippen LogP contribution in [0, 0.1) is 17.1 Å². The zero-order chi connectivity index (χ0) is 16.2. The molecule has 0 spiro atoms. The molecule has 0 unspecified atom stereocenters. The van der Waals surface area contributed by atoms with Crippen molar-refractivity contribution < 1.29 is 4.39 Å². The Morgan fingerprint density at radius 1 is 1.13 bits per heavy atom. The molecule has 112 valence electrons. The first-order valence-electron chi connectivity index (χ1n) is 6.75. The Bertz CT molecular complexity index is 890. The van der Waals surface area contributed by atoms with Gasteiger partial charge < -0.3 is 0 Å². The van der Waals surface area contributed by atoms with Crippen LogP contribution in [0.1, 0.15) is 10.6 Å². The first-order valence-corrected chi connectivity index (χ1v) is 8.42. The predicted octanol–water partition coefficient (Wildman–Crippen LogP) is 5.78. The van der Waals surface area contributed by atoms with Gasteiger partial charge in [0, 0.05) is 15.4 Å². The Labute approximate surface area is 145 Å². The quantitative estimate of drug-likeness (QED) is 0.536. The zero-order valence-corrected chi connectivity index (χ0v) is 14.2. The molecule has 3 aromatic rings. The molecule has 0 atom stereocenters. The van der Waals surface area contributed by atoms with E-state index in [0.717, 1.165) is 21.3 Å². The third-order valence-corrected chi connectivity index (χ3v) is 4.58. The lowest BCUT2D eigenvalue weighted by atomic mass is 10.1. The molecule has 0 bridgehead atoms. The molecule has 0 amide bonds. The molecular formula is C18H10BrFN2S. The van der Waals surface area contributed by atoms with E-state index in [9.17, 15) is 9.65 Å². The summed E-state index contributed by atoms with van der Waals surface area (Å²) in [5.74, 6) is -0.299.